The average Bonchev–Trinajstić information content (AvgIpc) is 3.35. The summed E-state index contributed by atoms with van der Waals surface area (Å²) in [5.41, 5.74) is 0. The molecule has 12 unspecified atom stereocenters. The van der Waals surface area contributed by atoms with Gasteiger partial charge in [0.2, 0.25) is 0 Å². The molecule has 3 saturated carbocycles. The maximum atomic E-state index is 10.4. The van der Waals surface area contributed by atoms with Crippen molar-refractivity contribution in [1.29, 1.82) is 0 Å². The molecule has 0 radical (unpaired) electrons. The highest BCUT2D eigenvalue weighted by molar-refractivity contribution is 5.02. The van der Waals surface area contributed by atoms with Gasteiger partial charge in [0, 0.05) is 30.2 Å². The van der Waals surface area contributed by atoms with Crippen LogP contribution in [0.5, 0.6) is 0 Å². The lowest BCUT2D eigenvalue weighted by Gasteiger charge is -2.43. The molecule has 0 aromatic rings. The first kappa shape index (κ1) is 31.7. The summed E-state index contributed by atoms with van der Waals surface area (Å²) >= 11 is 0. The summed E-state index contributed by atoms with van der Waals surface area (Å²) in [7, 11) is 0. The van der Waals surface area contributed by atoms with Crippen LogP contribution in [0.2, 0.25) is 0 Å². The van der Waals surface area contributed by atoms with Crippen molar-refractivity contribution < 1.29 is 10.2 Å². The minimum Gasteiger partial charge on any atom is -0.379 e. The van der Waals surface area contributed by atoms with Crippen LogP contribution in [0.1, 0.15) is 124 Å². The molecule has 7 nitrogen and oxygen atoms in total. The first-order valence-corrected chi connectivity index (χ1v) is 17.0. The fourth-order valence-corrected chi connectivity index (χ4v) is 8.52. The Morgan fingerprint density at radius 2 is 1.41 bits per heavy atom. The summed E-state index contributed by atoms with van der Waals surface area (Å²) in [4.78, 5) is 0. The Balaban J connectivity index is 1.32. The highest BCUT2D eigenvalue weighted by Crippen LogP contribution is 2.37. The van der Waals surface area contributed by atoms with Gasteiger partial charge in [0.25, 0.3) is 0 Å². The van der Waals surface area contributed by atoms with Crippen molar-refractivity contribution in [2.45, 2.75) is 173 Å². The van der Waals surface area contributed by atoms with E-state index >= 15 is 0 Å². The molecule has 39 heavy (non-hydrogen) atoms. The maximum absolute atomic E-state index is 10.4. The number of aliphatic hydroxyl groups is 2. The van der Waals surface area contributed by atoms with Crippen LogP contribution >= 0.6 is 0 Å². The predicted molar refractivity (Wildman–Crippen MR) is 161 cm³/mol. The van der Waals surface area contributed by atoms with Gasteiger partial charge < -0.3 is 15.5 Å². The van der Waals surface area contributed by atoms with Crippen molar-refractivity contribution >= 4 is 0 Å². The predicted octanol–water partition coefficient (Wildman–Crippen LogP) is 4.19. The molecular weight excluding hydrogens is 486 g/mol. The van der Waals surface area contributed by atoms with Crippen molar-refractivity contribution in [1.82, 2.24) is 26.6 Å². The summed E-state index contributed by atoms with van der Waals surface area (Å²) in [5, 5.41) is 39.9. The van der Waals surface area contributed by atoms with E-state index in [0.29, 0.717) is 48.2 Å². The van der Waals surface area contributed by atoms with Crippen molar-refractivity contribution in [2.24, 2.45) is 23.7 Å². The Morgan fingerprint density at radius 1 is 0.769 bits per heavy atom. The zero-order valence-electron chi connectivity index (χ0n) is 25.6. The first-order chi connectivity index (χ1) is 18.9. The molecule has 1 saturated heterocycles. The second-order valence-electron chi connectivity index (χ2n) is 13.8. The summed E-state index contributed by atoms with van der Waals surface area (Å²) in [6, 6.07) is 2.47. The molecular formula is C32H63N5O2. The number of hydrogen-bond donors (Lipinski definition) is 7. The lowest BCUT2D eigenvalue weighted by molar-refractivity contribution is 0.0800. The molecule has 4 rings (SSSR count). The molecule has 4 aliphatic rings. The van der Waals surface area contributed by atoms with Crippen LogP contribution in [0.3, 0.4) is 0 Å². The standard InChI is InChI=1S/C32H63N5O2/c1-5-10-30(38)34-23-14-16-25(21(4)7-3)28(18-23)33-20-22-12-8-9-13-26(22)32-36-27-17-15-24(19-29(27)37-32)35-31(39)11-6-2/h21-39H,5-20H2,1-4H3. The van der Waals surface area contributed by atoms with Crippen LogP contribution in [0.25, 0.3) is 0 Å². The zero-order valence-corrected chi connectivity index (χ0v) is 25.6. The highest BCUT2D eigenvalue weighted by atomic mass is 16.3. The number of rotatable bonds is 14. The van der Waals surface area contributed by atoms with Gasteiger partial charge >= 0.3 is 0 Å². The Bertz CT molecular complexity index is 697. The third kappa shape index (κ3) is 8.86. The van der Waals surface area contributed by atoms with Crippen molar-refractivity contribution in [3.8, 4) is 0 Å². The SMILES string of the molecule is CCCC(O)NC1CCC2NC(C3CCCCC3CNC3CC(NC(O)CCC)CCC3C(C)CC)NC2C1. The monoisotopic (exact) mass is 549 g/mol. The second-order valence-corrected chi connectivity index (χ2v) is 13.8. The fourth-order valence-electron chi connectivity index (χ4n) is 8.52. The minimum atomic E-state index is -0.365. The molecule has 0 spiro atoms. The lowest BCUT2D eigenvalue weighted by atomic mass is 9.73. The molecule has 4 fully saturated rings. The van der Waals surface area contributed by atoms with Gasteiger partial charge in [-0.1, -0.05) is 59.8 Å². The smallest absolute Gasteiger partial charge is 0.105 e. The summed E-state index contributed by atoms with van der Waals surface area (Å²) < 4.78 is 0. The molecule has 3 aliphatic carbocycles. The van der Waals surface area contributed by atoms with Crippen LogP contribution in [0.15, 0.2) is 0 Å². The molecule has 0 amide bonds. The van der Waals surface area contributed by atoms with Gasteiger partial charge in [-0.3, -0.25) is 21.3 Å². The maximum Gasteiger partial charge on any atom is 0.105 e. The zero-order chi connectivity index (χ0) is 27.8. The van der Waals surface area contributed by atoms with Gasteiger partial charge in [-0.05, 0) is 94.4 Å². The largest absolute Gasteiger partial charge is 0.379 e. The normalized spacial score (nSPS) is 39.7. The average molecular weight is 550 g/mol. The van der Waals surface area contributed by atoms with Crippen LogP contribution < -0.4 is 26.6 Å². The highest BCUT2D eigenvalue weighted by Gasteiger charge is 2.43. The molecule has 7 N–H and O–H groups in total. The van der Waals surface area contributed by atoms with Gasteiger partial charge in [0.1, 0.15) is 12.5 Å². The van der Waals surface area contributed by atoms with Crippen LogP contribution in [-0.2, 0) is 0 Å². The van der Waals surface area contributed by atoms with Gasteiger partial charge in [-0.2, -0.15) is 0 Å². The number of nitrogens with one attached hydrogen (secondary N) is 5. The molecule has 0 aromatic carbocycles. The van der Waals surface area contributed by atoms with Crippen molar-refractivity contribution in [3.63, 3.8) is 0 Å². The van der Waals surface area contributed by atoms with Gasteiger partial charge in [-0.15, -0.1) is 0 Å². The number of hydrogen-bond acceptors (Lipinski definition) is 7. The Kier molecular flexibility index (Phi) is 12.8. The number of fused-ring (bicyclic) bond motifs is 1. The van der Waals surface area contributed by atoms with Gasteiger partial charge in [-0.25, -0.2) is 0 Å². The van der Waals surface area contributed by atoms with Crippen molar-refractivity contribution in [2.75, 3.05) is 6.54 Å². The van der Waals surface area contributed by atoms with Gasteiger partial charge in [0.15, 0.2) is 0 Å². The molecule has 0 bridgehead atoms. The van der Waals surface area contributed by atoms with E-state index in [-0.39, 0.29) is 12.5 Å². The topological polar surface area (TPSA) is 101 Å². The molecule has 12 atom stereocenters. The van der Waals surface area contributed by atoms with E-state index in [9.17, 15) is 10.2 Å². The minimum absolute atomic E-state index is 0.362. The molecule has 1 heterocycles. The van der Waals surface area contributed by atoms with E-state index in [4.69, 9.17) is 0 Å². The Labute approximate surface area is 239 Å². The summed E-state index contributed by atoms with van der Waals surface area (Å²) in [6.45, 7) is 10.2. The molecule has 1 aliphatic heterocycles. The quantitative estimate of drug-likeness (QED) is 0.163. The lowest BCUT2D eigenvalue weighted by Crippen LogP contribution is -2.53. The van der Waals surface area contributed by atoms with E-state index in [1.54, 1.807) is 0 Å². The second kappa shape index (κ2) is 15.8. The van der Waals surface area contributed by atoms with Gasteiger partial charge in [0.05, 0.1) is 6.17 Å². The molecule has 7 heteroatoms. The fraction of sp³-hybridized carbons (Fsp3) is 1.00. The van der Waals surface area contributed by atoms with E-state index in [1.807, 2.05) is 0 Å². The van der Waals surface area contributed by atoms with E-state index in [2.05, 4.69) is 54.3 Å². The van der Waals surface area contributed by atoms with E-state index in [0.717, 1.165) is 63.3 Å². The van der Waals surface area contributed by atoms with E-state index in [1.165, 1.54) is 51.4 Å². The molecule has 0 aromatic heterocycles. The first-order valence-electron chi connectivity index (χ1n) is 17.0. The molecule has 228 valence electrons. The summed E-state index contributed by atoms with van der Waals surface area (Å²) in [5.74, 6) is 2.86. The van der Waals surface area contributed by atoms with Crippen LogP contribution in [0.4, 0.5) is 0 Å². The Morgan fingerprint density at radius 3 is 2.10 bits per heavy atom. The Hall–Kier alpha value is -0.280. The summed E-state index contributed by atoms with van der Waals surface area (Å²) in [6.07, 6.45) is 17.0. The third-order valence-electron chi connectivity index (χ3n) is 10.9. The number of aliphatic hydroxyl groups excluding tert-OH is 2. The van der Waals surface area contributed by atoms with E-state index < -0.39 is 0 Å². The van der Waals surface area contributed by atoms with Crippen LogP contribution in [0, 0.1) is 23.7 Å². The van der Waals surface area contributed by atoms with Crippen LogP contribution in [-0.4, -0.2) is 65.6 Å². The van der Waals surface area contributed by atoms with Crippen molar-refractivity contribution in [3.05, 3.63) is 0 Å². The third-order valence-corrected chi connectivity index (χ3v) is 10.9.